The van der Waals surface area contributed by atoms with Crippen molar-refractivity contribution in [3.8, 4) is 0 Å². The van der Waals surface area contributed by atoms with Crippen LogP contribution in [0.1, 0.15) is 71.6 Å². The van der Waals surface area contributed by atoms with E-state index in [4.69, 9.17) is 0 Å². The highest BCUT2D eigenvalue weighted by molar-refractivity contribution is 5.78. The summed E-state index contributed by atoms with van der Waals surface area (Å²) in [7, 11) is 0. The Hall–Kier alpha value is -0.570. The molecule has 0 aromatic rings. The van der Waals surface area contributed by atoms with Gasteiger partial charge < -0.3 is 10.4 Å². The molecule has 0 aromatic carbocycles. The summed E-state index contributed by atoms with van der Waals surface area (Å²) in [6.45, 7) is 5.11. The number of nitrogens with one attached hydrogen (secondary N) is 1. The Morgan fingerprint density at radius 3 is 2.47 bits per heavy atom. The van der Waals surface area contributed by atoms with Gasteiger partial charge >= 0.3 is 0 Å². The van der Waals surface area contributed by atoms with Crippen molar-refractivity contribution >= 4 is 5.91 Å². The second-order valence-electron chi connectivity index (χ2n) is 6.18. The van der Waals surface area contributed by atoms with Gasteiger partial charge in [-0.25, -0.2) is 0 Å². The fourth-order valence-corrected chi connectivity index (χ4v) is 3.08. The second-order valence-corrected chi connectivity index (χ2v) is 6.18. The number of aliphatic hydroxyl groups excluding tert-OH is 1. The van der Waals surface area contributed by atoms with Gasteiger partial charge in [-0.1, -0.05) is 46.0 Å². The van der Waals surface area contributed by atoms with Gasteiger partial charge in [-0.05, 0) is 25.7 Å². The predicted octanol–water partition coefficient (Wildman–Crippen LogP) is 3.26. The Morgan fingerprint density at radius 2 is 1.95 bits per heavy atom. The molecule has 1 saturated carbocycles. The van der Waals surface area contributed by atoms with Crippen LogP contribution in [0.25, 0.3) is 0 Å². The van der Waals surface area contributed by atoms with E-state index in [2.05, 4.69) is 19.2 Å². The van der Waals surface area contributed by atoms with E-state index in [1.165, 1.54) is 19.3 Å². The van der Waals surface area contributed by atoms with E-state index in [1.807, 2.05) is 0 Å². The summed E-state index contributed by atoms with van der Waals surface area (Å²) in [6.07, 6.45) is 9.91. The van der Waals surface area contributed by atoms with Crippen molar-refractivity contribution in [3.63, 3.8) is 0 Å². The quantitative estimate of drug-likeness (QED) is 0.710. The van der Waals surface area contributed by atoms with Crippen molar-refractivity contribution < 1.29 is 9.90 Å². The molecule has 0 spiro atoms. The summed E-state index contributed by atoms with van der Waals surface area (Å²) < 4.78 is 0. The summed E-state index contributed by atoms with van der Waals surface area (Å²) in [5.41, 5.74) is -0.0447. The van der Waals surface area contributed by atoms with Crippen molar-refractivity contribution in [1.29, 1.82) is 0 Å². The van der Waals surface area contributed by atoms with Crippen LogP contribution in [0.15, 0.2) is 0 Å². The van der Waals surface area contributed by atoms with Crippen LogP contribution >= 0.6 is 0 Å². The van der Waals surface area contributed by atoms with E-state index >= 15 is 0 Å². The van der Waals surface area contributed by atoms with Gasteiger partial charge in [0.2, 0.25) is 5.91 Å². The Labute approximate surface area is 118 Å². The maximum atomic E-state index is 12.2. The molecule has 0 heterocycles. The van der Waals surface area contributed by atoms with E-state index < -0.39 is 0 Å². The average molecular weight is 269 g/mol. The Morgan fingerprint density at radius 1 is 1.26 bits per heavy atom. The van der Waals surface area contributed by atoms with Crippen LogP contribution in [-0.2, 0) is 4.79 Å². The largest absolute Gasteiger partial charge is 0.396 e. The molecule has 0 radical (unpaired) electrons. The summed E-state index contributed by atoms with van der Waals surface area (Å²) in [4.78, 5) is 12.2. The summed E-state index contributed by atoms with van der Waals surface area (Å²) in [6, 6.07) is 0. The van der Waals surface area contributed by atoms with Gasteiger partial charge in [0, 0.05) is 17.9 Å². The fourth-order valence-electron chi connectivity index (χ4n) is 3.08. The normalized spacial score (nSPS) is 19.9. The summed E-state index contributed by atoms with van der Waals surface area (Å²) >= 11 is 0. The third-order valence-electron chi connectivity index (χ3n) is 4.66. The van der Waals surface area contributed by atoms with Crippen molar-refractivity contribution in [2.75, 3.05) is 13.2 Å². The SMILES string of the molecule is CCCCC(CC)C(=O)NCC1(CO)CCCCC1. The number of hydrogen-bond acceptors (Lipinski definition) is 2. The first kappa shape index (κ1) is 16.5. The van der Waals surface area contributed by atoms with E-state index in [0.717, 1.165) is 38.5 Å². The first-order chi connectivity index (χ1) is 9.17. The van der Waals surface area contributed by atoms with Gasteiger partial charge in [0.1, 0.15) is 0 Å². The van der Waals surface area contributed by atoms with Crippen molar-refractivity contribution in [2.45, 2.75) is 71.6 Å². The smallest absolute Gasteiger partial charge is 0.223 e. The minimum atomic E-state index is -0.0447. The predicted molar refractivity (Wildman–Crippen MR) is 78.9 cm³/mol. The summed E-state index contributed by atoms with van der Waals surface area (Å²) in [5, 5.41) is 12.7. The fraction of sp³-hybridized carbons (Fsp3) is 0.938. The molecule has 1 aliphatic rings. The third kappa shape index (κ3) is 5.13. The molecule has 1 fully saturated rings. The minimum Gasteiger partial charge on any atom is -0.396 e. The van der Waals surface area contributed by atoms with Crippen LogP contribution in [-0.4, -0.2) is 24.2 Å². The monoisotopic (exact) mass is 269 g/mol. The lowest BCUT2D eigenvalue weighted by molar-refractivity contribution is -0.126. The van der Waals surface area contributed by atoms with E-state index in [1.54, 1.807) is 0 Å². The molecule has 1 rings (SSSR count). The second kappa shape index (κ2) is 8.57. The molecule has 0 saturated heterocycles. The maximum absolute atomic E-state index is 12.2. The molecular weight excluding hydrogens is 238 g/mol. The van der Waals surface area contributed by atoms with E-state index in [-0.39, 0.29) is 23.8 Å². The molecule has 19 heavy (non-hydrogen) atoms. The standard InChI is InChI=1S/C16H31NO2/c1-3-5-9-14(4-2)15(19)17-12-16(13-18)10-7-6-8-11-16/h14,18H,3-13H2,1-2H3,(H,17,19). The number of carbonyl (C=O) groups is 1. The highest BCUT2D eigenvalue weighted by Crippen LogP contribution is 2.35. The van der Waals surface area contributed by atoms with Gasteiger partial charge in [0.25, 0.3) is 0 Å². The van der Waals surface area contributed by atoms with Gasteiger partial charge in [-0.15, -0.1) is 0 Å². The van der Waals surface area contributed by atoms with Gasteiger partial charge in [-0.3, -0.25) is 4.79 Å². The molecule has 2 N–H and O–H groups in total. The lowest BCUT2D eigenvalue weighted by Crippen LogP contribution is -2.43. The van der Waals surface area contributed by atoms with Gasteiger partial charge in [0.05, 0.1) is 6.61 Å². The average Bonchev–Trinajstić information content (AvgIpc) is 2.47. The van der Waals surface area contributed by atoms with Gasteiger partial charge in [-0.2, -0.15) is 0 Å². The first-order valence-electron chi connectivity index (χ1n) is 8.06. The number of aliphatic hydroxyl groups is 1. The van der Waals surface area contributed by atoms with E-state index in [9.17, 15) is 9.90 Å². The molecule has 1 aliphatic carbocycles. The molecule has 3 nitrogen and oxygen atoms in total. The number of carbonyl (C=O) groups excluding carboxylic acids is 1. The summed E-state index contributed by atoms with van der Waals surface area (Å²) in [5.74, 6) is 0.341. The zero-order chi connectivity index (χ0) is 14.1. The molecule has 112 valence electrons. The van der Waals surface area contributed by atoms with Crippen LogP contribution in [0.3, 0.4) is 0 Å². The third-order valence-corrected chi connectivity index (χ3v) is 4.66. The Kier molecular flexibility index (Phi) is 7.44. The number of unbranched alkanes of at least 4 members (excludes halogenated alkanes) is 1. The lowest BCUT2D eigenvalue weighted by atomic mass is 9.74. The molecule has 1 unspecified atom stereocenters. The topological polar surface area (TPSA) is 49.3 Å². The number of rotatable bonds is 8. The molecule has 0 aromatic heterocycles. The Bertz CT molecular complexity index is 259. The zero-order valence-corrected chi connectivity index (χ0v) is 12.7. The van der Waals surface area contributed by atoms with Crippen molar-refractivity contribution in [2.24, 2.45) is 11.3 Å². The molecule has 0 bridgehead atoms. The lowest BCUT2D eigenvalue weighted by Gasteiger charge is -2.36. The van der Waals surface area contributed by atoms with Gasteiger partial charge in [0.15, 0.2) is 0 Å². The Balaban J connectivity index is 2.42. The zero-order valence-electron chi connectivity index (χ0n) is 12.7. The molecule has 3 heteroatoms. The highest BCUT2D eigenvalue weighted by atomic mass is 16.3. The maximum Gasteiger partial charge on any atom is 0.223 e. The van der Waals surface area contributed by atoms with Crippen LogP contribution in [0.5, 0.6) is 0 Å². The van der Waals surface area contributed by atoms with Crippen LogP contribution in [0.4, 0.5) is 0 Å². The van der Waals surface area contributed by atoms with E-state index in [0.29, 0.717) is 6.54 Å². The molecule has 1 amide bonds. The van der Waals surface area contributed by atoms with Crippen molar-refractivity contribution in [3.05, 3.63) is 0 Å². The van der Waals surface area contributed by atoms with Crippen molar-refractivity contribution in [1.82, 2.24) is 5.32 Å². The number of amides is 1. The minimum absolute atomic E-state index is 0.0447. The van der Waals surface area contributed by atoms with Crippen LogP contribution in [0, 0.1) is 11.3 Å². The highest BCUT2D eigenvalue weighted by Gasteiger charge is 2.32. The first-order valence-corrected chi connectivity index (χ1v) is 8.06. The van der Waals surface area contributed by atoms with Crippen LogP contribution in [0.2, 0.25) is 0 Å². The van der Waals surface area contributed by atoms with Crippen LogP contribution < -0.4 is 5.32 Å². The molecule has 0 aliphatic heterocycles. The molecule has 1 atom stereocenters. The molecular formula is C16H31NO2. The number of hydrogen-bond donors (Lipinski definition) is 2.